The Morgan fingerprint density at radius 2 is 1.83 bits per heavy atom. The Balaban J connectivity index is 1.50. The van der Waals surface area contributed by atoms with Crippen LogP contribution in [0.3, 0.4) is 0 Å². The molecule has 5 nitrogen and oxygen atoms in total. The molecule has 1 amide bonds. The maximum absolute atomic E-state index is 12.3. The molecule has 132 valence electrons. The molecule has 3 aliphatic heterocycles. The van der Waals surface area contributed by atoms with Gasteiger partial charge >= 0.3 is 0 Å². The number of rotatable bonds is 3. The van der Waals surface area contributed by atoms with Crippen LogP contribution in [0.1, 0.15) is 46.5 Å². The topological polar surface area (TPSA) is 42.0 Å². The zero-order chi connectivity index (χ0) is 16.4. The molecule has 5 heteroatoms. The first-order valence-electron chi connectivity index (χ1n) is 9.30. The van der Waals surface area contributed by atoms with Gasteiger partial charge < -0.3 is 19.3 Å². The third-order valence-corrected chi connectivity index (χ3v) is 5.53. The maximum Gasteiger partial charge on any atom is 0.225 e. The summed E-state index contributed by atoms with van der Waals surface area (Å²) < 4.78 is 12.4. The van der Waals surface area contributed by atoms with Crippen LogP contribution in [0.25, 0.3) is 0 Å². The molecule has 0 aliphatic carbocycles. The van der Waals surface area contributed by atoms with Crippen molar-refractivity contribution in [2.24, 2.45) is 11.8 Å². The van der Waals surface area contributed by atoms with Crippen LogP contribution in [0.15, 0.2) is 0 Å². The van der Waals surface area contributed by atoms with E-state index >= 15 is 0 Å². The van der Waals surface area contributed by atoms with Crippen molar-refractivity contribution in [2.45, 2.75) is 58.3 Å². The lowest BCUT2D eigenvalue weighted by Crippen LogP contribution is -2.57. The summed E-state index contributed by atoms with van der Waals surface area (Å²) >= 11 is 0. The molecular formula is C18H32N2O3. The molecule has 0 N–H and O–H groups in total. The first-order valence-corrected chi connectivity index (χ1v) is 9.30. The van der Waals surface area contributed by atoms with Crippen LogP contribution < -0.4 is 0 Å². The number of nitrogens with zero attached hydrogens (tertiary/aromatic N) is 2. The van der Waals surface area contributed by atoms with Gasteiger partial charge in [-0.15, -0.1) is 0 Å². The lowest BCUT2D eigenvalue weighted by Gasteiger charge is -2.48. The number of hydrogen-bond donors (Lipinski definition) is 0. The molecule has 3 fully saturated rings. The zero-order valence-corrected chi connectivity index (χ0v) is 14.9. The Bertz CT molecular complexity index is 412. The molecule has 23 heavy (non-hydrogen) atoms. The van der Waals surface area contributed by atoms with Crippen molar-refractivity contribution in [1.82, 2.24) is 9.80 Å². The monoisotopic (exact) mass is 324 g/mol. The Labute approximate surface area is 140 Å². The summed E-state index contributed by atoms with van der Waals surface area (Å²) in [6.45, 7) is 11.9. The molecule has 3 aliphatic rings. The Kier molecular flexibility index (Phi) is 5.29. The van der Waals surface area contributed by atoms with Crippen LogP contribution >= 0.6 is 0 Å². The van der Waals surface area contributed by atoms with Gasteiger partial charge in [0.05, 0.1) is 13.2 Å². The summed E-state index contributed by atoms with van der Waals surface area (Å²) in [5.41, 5.74) is 0. The smallest absolute Gasteiger partial charge is 0.225 e. The third kappa shape index (κ3) is 3.89. The van der Waals surface area contributed by atoms with Crippen molar-refractivity contribution < 1.29 is 14.3 Å². The lowest BCUT2D eigenvalue weighted by atomic mass is 9.94. The minimum atomic E-state index is -0.450. The number of ether oxygens (including phenoxy) is 2. The molecule has 1 atom stereocenters. The van der Waals surface area contributed by atoms with E-state index < -0.39 is 5.79 Å². The van der Waals surface area contributed by atoms with E-state index in [2.05, 4.69) is 11.8 Å². The predicted molar refractivity (Wildman–Crippen MR) is 89.0 cm³/mol. The first kappa shape index (κ1) is 17.2. The summed E-state index contributed by atoms with van der Waals surface area (Å²) in [6.07, 6.45) is 4.25. The Morgan fingerprint density at radius 3 is 2.39 bits per heavy atom. The largest absolute Gasteiger partial charge is 0.349 e. The van der Waals surface area contributed by atoms with Crippen molar-refractivity contribution >= 4 is 5.91 Å². The third-order valence-electron chi connectivity index (χ3n) is 5.53. The molecule has 3 heterocycles. The van der Waals surface area contributed by atoms with Gasteiger partial charge in [0.15, 0.2) is 5.79 Å². The van der Waals surface area contributed by atoms with Gasteiger partial charge in [-0.25, -0.2) is 0 Å². The lowest BCUT2D eigenvalue weighted by molar-refractivity contribution is -0.303. The van der Waals surface area contributed by atoms with Crippen LogP contribution in [-0.4, -0.2) is 66.9 Å². The number of hydrogen-bond acceptors (Lipinski definition) is 4. The summed E-state index contributed by atoms with van der Waals surface area (Å²) in [4.78, 5) is 16.8. The van der Waals surface area contributed by atoms with Crippen molar-refractivity contribution in [1.29, 1.82) is 0 Å². The summed E-state index contributed by atoms with van der Waals surface area (Å²) in [5.74, 6) is 0.346. The summed E-state index contributed by atoms with van der Waals surface area (Å²) in [6, 6.07) is 0.189. The molecule has 0 aromatic heterocycles. The van der Waals surface area contributed by atoms with Gasteiger partial charge in [-0.3, -0.25) is 4.79 Å². The van der Waals surface area contributed by atoms with Crippen LogP contribution in [0.2, 0.25) is 0 Å². The normalized spacial score (nSPS) is 36.1. The fraction of sp³-hybridized carbons (Fsp3) is 0.944. The molecule has 3 rings (SSSR count). The van der Waals surface area contributed by atoms with Crippen molar-refractivity contribution in [3.8, 4) is 0 Å². The van der Waals surface area contributed by atoms with E-state index in [1.807, 2.05) is 18.7 Å². The van der Waals surface area contributed by atoms with E-state index in [1.54, 1.807) is 0 Å². The fourth-order valence-electron chi connectivity index (χ4n) is 4.16. The van der Waals surface area contributed by atoms with E-state index in [4.69, 9.17) is 9.47 Å². The van der Waals surface area contributed by atoms with Gasteiger partial charge in [0, 0.05) is 43.8 Å². The molecule has 0 bridgehead atoms. The Morgan fingerprint density at radius 1 is 1.17 bits per heavy atom. The minimum absolute atomic E-state index is 0.0598. The summed E-state index contributed by atoms with van der Waals surface area (Å²) in [5, 5.41) is 0. The van der Waals surface area contributed by atoms with Gasteiger partial charge in [-0.1, -0.05) is 13.8 Å². The van der Waals surface area contributed by atoms with Gasteiger partial charge in [-0.05, 0) is 32.9 Å². The second-order valence-electron chi connectivity index (χ2n) is 7.90. The van der Waals surface area contributed by atoms with Crippen LogP contribution in [0, 0.1) is 11.8 Å². The van der Waals surface area contributed by atoms with Crippen molar-refractivity contribution in [3.05, 3.63) is 0 Å². The number of piperidine rings is 1. The molecule has 1 spiro atoms. The molecule has 0 radical (unpaired) electrons. The first-order chi connectivity index (χ1) is 11.0. The minimum Gasteiger partial charge on any atom is -0.349 e. The van der Waals surface area contributed by atoms with E-state index in [1.165, 1.54) is 25.9 Å². The summed E-state index contributed by atoms with van der Waals surface area (Å²) in [7, 11) is 0. The average Bonchev–Trinajstić information content (AvgIpc) is 3.02. The Hall–Kier alpha value is -0.650. The highest BCUT2D eigenvalue weighted by atomic mass is 16.7. The van der Waals surface area contributed by atoms with Gasteiger partial charge in [0.1, 0.15) is 0 Å². The molecule has 0 aromatic rings. The van der Waals surface area contributed by atoms with E-state index in [0.717, 1.165) is 39.1 Å². The molecule has 0 saturated carbocycles. The molecule has 1 unspecified atom stereocenters. The SMILES string of the molecule is CC(C)C(=O)N1CCC2(CC1C)OCC(CN1CCCC1)CO2. The highest BCUT2D eigenvalue weighted by molar-refractivity contribution is 5.78. The number of amides is 1. The van der Waals surface area contributed by atoms with Crippen molar-refractivity contribution in [3.63, 3.8) is 0 Å². The van der Waals surface area contributed by atoms with E-state index in [0.29, 0.717) is 5.92 Å². The number of carbonyl (C=O) groups is 1. The zero-order valence-electron chi connectivity index (χ0n) is 14.9. The average molecular weight is 324 g/mol. The molecule has 0 aromatic carbocycles. The van der Waals surface area contributed by atoms with Gasteiger partial charge in [0.25, 0.3) is 0 Å². The number of likely N-dealkylation sites (tertiary alicyclic amines) is 2. The predicted octanol–water partition coefficient (Wildman–Crippen LogP) is 2.11. The maximum atomic E-state index is 12.3. The van der Waals surface area contributed by atoms with Gasteiger partial charge in [0.2, 0.25) is 5.91 Å². The van der Waals surface area contributed by atoms with Crippen LogP contribution in [-0.2, 0) is 14.3 Å². The van der Waals surface area contributed by atoms with E-state index in [-0.39, 0.29) is 17.9 Å². The van der Waals surface area contributed by atoms with Crippen LogP contribution in [0.4, 0.5) is 0 Å². The molecule has 3 saturated heterocycles. The second kappa shape index (κ2) is 7.08. The quantitative estimate of drug-likeness (QED) is 0.797. The van der Waals surface area contributed by atoms with Crippen molar-refractivity contribution in [2.75, 3.05) is 39.4 Å². The molecular weight excluding hydrogens is 292 g/mol. The standard InChI is InChI=1S/C18H32N2O3/c1-14(2)17(21)20-9-6-18(10-15(20)3)22-12-16(13-23-18)11-19-7-4-5-8-19/h14-16H,4-13H2,1-3H3. The fourth-order valence-corrected chi connectivity index (χ4v) is 4.16. The second-order valence-corrected chi connectivity index (χ2v) is 7.90. The van der Waals surface area contributed by atoms with Crippen LogP contribution in [0.5, 0.6) is 0 Å². The highest BCUT2D eigenvalue weighted by Gasteiger charge is 2.44. The van der Waals surface area contributed by atoms with E-state index in [9.17, 15) is 4.79 Å². The highest BCUT2D eigenvalue weighted by Crippen LogP contribution is 2.35. The van der Waals surface area contributed by atoms with Gasteiger partial charge in [-0.2, -0.15) is 0 Å². The number of carbonyl (C=O) groups excluding carboxylic acids is 1.